The van der Waals surface area contributed by atoms with E-state index in [1.807, 2.05) is 0 Å². The van der Waals surface area contributed by atoms with Gasteiger partial charge in [0.1, 0.15) is 0 Å². The van der Waals surface area contributed by atoms with Gasteiger partial charge in [0, 0.05) is 45.7 Å². The minimum absolute atomic E-state index is 0.0286. The Morgan fingerprint density at radius 2 is 1.66 bits per heavy atom. The Balaban J connectivity index is 2.01. The highest BCUT2D eigenvalue weighted by molar-refractivity contribution is 7.69. The van der Waals surface area contributed by atoms with Crippen molar-refractivity contribution in [3.8, 4) is 0 Å². The summed E-state index contributed by atoms with van der Waals surface area (Å²) in [5.41, 5.74) is 0. The lowest BCUT2D eigenvalue weighted by Gasteiger charge is -2.34. The van der Waals surface area contributed by atoms with Gasteiger partial charge in [-0.2, -0.15) is 4.89 Å². The average molecular weight is 452 g/mol. The molecule has 3 N–H and O–H groups in total. The van der Waals surface area contributed by atoms with Gasteiger partial charge >= 0.3 is 8.03 Å². The van der Waals surface area contributed by atoms with Gasteiger partial charge in [-0.05, 0) is 50.0 Å². The minimum atomic E-state index is -3.73. The first-order chi connectivity index (χ1) is 13.9. The molecular formula is C19H41N4O4P2+. The Bertz CT molecular complexity index is 540. The number of nitrogens with one attached hydrogen (secondary N) is 1. The van der Waals surface area contributed by atoms with Crippen molar-refractivity contribution < 1.29 is 18.9 Å². The molecule has 2 saturated heterocycles. The van der Waals surface area contributed by atoms with Crippen LogP contribution in [0.4, 0.5) is 0 Å². The SMILES string of the molecule is CCCCCC([P+](=O)O)P(=O)(O)CN1CCCN2CCNCCCN(CC2)CC1. The molecule has 5 unspecified atom stereocenters. The summed E-state index contributed by atoms with van der Waals surface area (Å²) < 4.78 is 24.9. The summed E-state index contributed by atoms with van der Waals surface area (Å²) in [5.74, 6) is 0. The molecular weight excluding hydrogens is 410 g/mol. The Kier molecular flexibility index (Phi) is 11.8. The number of nitrogens with zero attached hydrogens (tertiary/aromatic N) is 3. The summed E-state index contributed by atoms with van der Waals surface area (Å²) in [7, 11) is -6.38. The van der Waals surface area contributed by atoms with Gasteiger partial charge in [-0.3, -0.25) is 9.46 Å². The molecule has 0 saturated carbocycles. The molecule has 0 spiro atoms. The highest BCUT2D eigenvalue weighted by atomic mass is 31.2. The van der Waals surface area contributed by atoms with Gasteiger partial charge in [0.15, 0.2) is 0 Å². The van der Waals surface area contributed by atoms with Crippen molar-refractivity contribution in [1.29, 1.82) is 0 Å². The molecule has 2 heterocycles. The van der Waals surface area contributed by atoms with Crippen molar-refractivity contribution in [2.75, 3.05) is 71.7 Å². The van der Waals surface area contributed by atoms with Crippen LogP contribution in [0.25, 0.3) is 0 Å². The van der Waals surface area contributed by atoms with Crippen molar-refractivity contribution in [1.82, 2.24) is 20.0 Å². The molecule has 170 valence electrons. The van der Waals surface area contributed by atoms with E-state index in [0.29, 0.717) is 6.42 Å². The minimum Gasteiger partial charge on any atom is -0.340 e. The van der Waals surface area contributed by atoms with Gasteiger partial charge in [-0.25, -0.2) is 0 Å². The molecule has 0 aliphatic carbocycles. The first-order valence-electron chi connectivity index (χ1n) is 11.3. The molecule has 0 radical (unpaired) electrons. The van der Waals surface area contributed by atoms with Crippen LogP contribution in [0.15, 0.2) is 0 Å². The molecule has 0 amide bonds. The van der Waals surface area contributed by atoms with E-state index in [2.05, 4.69) is 26.9 Å². The molecule has 2 aliphatic rings. The van der Waals surface area contributed by atoms with E-state index in [-0.39, 0.29) is 6.29 Å². The number of hydrogen-bond acceptors (Lipinski definition) is 6. The lowest BCUT2D eigenvalue weighted by atomic mass is 10.2. The maximum Gasteiger partial charge on any atom is 0.519 e. The van der Waals surface area contributed by atoms with E-state index >= 15 is 0 Å². The third-order valence-corrected chi connectivity index (χ3v) is 10.5. The Morgan fingerprint density at radius 3 is 2.38 bits per heavy atom. The van der Waals surface area contributed by atoms with Gasteiger partial charge in [0.2, 0.25) is 0 Å². The highest BCUT2D eigenvalue weighted by Crippen LogP contribution is 2.57. The second-order valence-corrected chi connectivity index (χ2v) is 12.5. The average Bonchev–Trinajstić information content (AvgIpc) is 2.68. The van der Waals surface area contributed by atoms with Gasteiger partial charge in [0.25, 0.3) is 12.8 Å². The van der Waals surface area contributed by atoms with Gasteiger partial charge in [0.05, 0.1) is 6.29 Å². The second kappa shape index (κ2) is 13.5. The predicted octanol–water partition coefficient (Wildman–Crippen LogP) is 2.16. The first kappa shape index (κ1) is 25.4. The monoisotopic (exact) mass is 451 g/mol. The van der Waals surface area contributed by atoms with E-state index in [1.54, 1.807) is 0 Å². The second-order valence-electron chi connectivity index (χ2n) is 8.43. The standard InChI is InChI=1S/C19H40N4O4P2/c1-2-3-4-7-19(28(24)25)29(26,27)18-23-12-6-11-21-13-9-20-8-5-10-22(15-14-21)16-17-23/h19-20H,2-18H2,1H3,(H-,24,25,26,27)/p+1. The quantitative estimate of drug-likeness (QED) is 0.382. The van der Waals surface area contributed by atoms with Crippen LogP contribution in [0.2, 0.25) is 0 Å². The summed E-state index contributed by atoms with van der Waals surface area (Å²) in [6, 6.07) is 0. The van der Waals surface area contributed by atoms with Gasteiger partial charge < -0.3 is 20.0 Å². The number of unbranched alkanes of at least 4 members (excludes halogenated alkanes) is 2. The van der Waals surface area contributed by atoms with Gasteiger partial charge in [-0.15, -0.1) is 0 Å². The lowest BCUT2D eigenvalue weighted by molar-refractivity contribution is 0.150. The van der Waals surface area contributed by atoms with E-state index in [4.69, 9.17) is 0 Å². The molecule has 29 heavy (non-hydrogen) atoms. The van der Waals surface area contributed by atoms with Crippen LogP contribution in [0.1, 0.15) is 45.4 Å². The fourth-order valence-electron chi connectivity index (χ4n) is 4.22. The van der Waals surface area contributed by atoms with Crippen molar-refractivity contribution in [2.45, 2.75) is 50.8 Å². The Morgan fingerprint density at radius 1 is 0.966 bits per heavy atom. The molecule has 0 aromatic carbocycles. The molecule has 8 nitrogen and oxygen atoms in total. The number of fused-ring (bicyclic) bond motifs is 3. The maximum absolute atomic E-state index is 13.1. The maximum atomic E-state index is 13.1. The molecule has 2 rings (SSSR count). The van der Waals surface area contributed by atoms with Crippen molar-refractivity contribution >= 4 is 15.4 Å². The number of rotatable bonds is 8. The molecule has 0 aromatic rings. The van der Waals surface area contributed by atoms with Crippen LogP contribution in [-0.4, -0.2) is 102 Å². The van der Waals surface area contributed by atoms with Crippen LogP contribution < -0.4 is 5.32 Å². The van der Waals surface area contributed by atoms with Crippen LogP contribution in [0.5, 0.6) is 0 Å². The van der Waals surface area contributed by atoms with Crippen molar-refractivity contribution in [3.05, 3.63) is 0 Å². The predicted molar refractivity (Wildman–Crippen MR) is 119 cm³/mol. The summed E-state index contributed by atoms with van der Waals surface area (Å²) in [5, 5.41) is 2.51. The fourth-order valence-corrected chi connectivity index (χ4v) is 7.71. The first-order valence-corrected chi connectivity index (χ1v) is 14.5. The smallest absolute Gasteiger partial charge is 0.340 e. The summed E-state index contributed by atoms with van der Waals surface area (Å²) >= 11 is 0. The Labute approximate surface area is 177 Å². The molecule has 5 atom stereocenters. The summed E-state index contributed by atoms with van der Waals surface area (Å²) in [6.45, 7) is 11.6. The zero-order valence-electron chi connectivity index (χ0n) is 18.0. The molecule has 2 bridgehead atoms. The van der Waals surface area contributed by atoms with Crippen LogP contribution in [-0.2, 0) is 9.13 Å². The van der Waals surface area contributed by atoms with E-state index in [0.717, 1.165) is 97.6 Å². The van der Waals surface area contributed by atoms with Crippen molar-refractivity contribution in [3.63, 3.8) is 0 Å². The van der Waals surface area contributed by atoms with E-state index < -0.39 is 20.8 Å². The topological polar surface area (TPSA) is 96.3 Å². The molecule has 10 heteroatoms. The summed E-state index contributed by atoms with van der Waals surface area (Å²) in [6.07, 6.45) is 5.08. The lowest BCUT2D eigenvalue weighted by Crippen LogP contribution is -2.46. The third kappa shape index (κ3) is 9.40. The summed E-state index contributed by atoms with van der Waals surface area (Å²) in [4.78, 5) is 27.4. The van der Waals surface area contributed by atoms with E-state index in [1.165, 1.54) is 0 Å². The van der Waals surface area contributed by atoms with Gasteiger partial charge in [-0.1, -0.05) is 19.8 Å². The number of hydrogen-bond donors (Lipinski definition) is 3. The van der Waals surface area contributed by atoms with E-state index in [9.17, 15) is 18.9 Å². The van der Waals surface area contributed by atoms with Crippen molar-refractivity contribution in [2.24, 2.45) is 0 Å². The molecule has 0 aromatic heterocycles. The van der Waals surface area contributed by atoms with Crippen LogP contribution in [0, 0.1) is 0 Å². The largest absolute Gasteiger partial charge is 0.519 e. The molecule has 2 aliphatic heterocycles. The highest BCUT2D eigenvalue weighted by Gasteiger charge is 2.46. The van der Waals surface area contributed by atoms with Crippen LogP contribution in [0.3, 0.4) is 0 Å². The van der Waals surface area contributed by atoms with Crippen LogP contribution >= 0.6 is 15.4 Å². The zero-order chi connectivity index (χ0) is 21.1. The third-order valence-electron chi connectivity index (χ3n) is 6.04. The zero-order valence-corrected chi connectivity index (χ0v) is 19.8. The Hall–Kier alpha value is 0.0900. The fraction of sp³-hybridized carbons (Fsp3) is 1.00. The normalized spacial score (nSPS) is 29.0. The molecule has 2 fully saturated rings.